The minimum Gasteiger partial charge on any atom is -0.474 e. The van der Waals surface area contributed by atoms with E-state index in [1.807, 2.05) is 14.0 Å². The van der Waals surface area contributed by atoms with E-state index in [4.69, 9.17) is 15.7 Å². The van der Waals surface area contributed by atoms with Gasteiger partial charge < -0.3 is 15.7 Å². The summed E-state index contributed by atoms with van der Waals surface area (Å²) in [6, 6.07) is 0. The number of ether oxygens (including phenoxy) is 1. The minimum absolute atomic E-state index is 0.0502. The molecule has 0 amide bonds. The summed E-state index contributed by atoms with van der Waals surface area (Å²) in [5.41, 5.74) is 7.01. The molecule has 6 heteroatoms. The molecule has 0 atom stereocenters. The standard InChI is InChI=1S/C13H22N4O2/c1-9-11(12(14)16-18)13(17(2)15-9)19-10-7-5-3-4-6-8-10/h10,18H,3-8H2,1-2H3,(H2,14,16). The highest BCUT2D eigenvalue weighted by molar-refractivity contribution is 6.00. The zero-order chi connectivity index (χ0) is 13.8. The highest BCUT2D eigenvalue weighted by atomic mass is 16.5. The number of hydrogen-bond acceptors (Lipinski definition) is 4. The Labute approximate surface area is 113 Å². The van der Waals surface area contributed by atoms with E-state index in [0.29, 0.717) is 17.1 Å². The number of amidine groups is 1. The zero-order valence-corrected chi connectivity index (χ0v) is 11.6. The lowest BCUT2D eigenvalue weighted by molar-refractivity contribution is 0.168. The van der Waals surface area contributed by atoms with Crippen molar-refractivity contribution in [1.82, 2.24) is 9.78 Å². The van der Waals surface area contributed by atoms with Crippen LogP contribution in [0.15, 0.2) is 5.16 Å². The molecule has 1 saturated carbocycles. The van der Waals surface area contributed by atoms with Gasteiger partial charge >= 0.3 is 0 Å². The summed E-state index contributed by atoms with van der Waals surface area (Å²) in [4.78, 5) is 0. The summed E-state index contributed by atoms with van der Waals surface area (Å²) in [6.45, 7) is 1.83. The summed E-state index contributed by atoms with van der Waals surface area (Å²) in [5.74, 6) is 0.647. The lowest BCUT2D eigenvalue weighted by Crippen LogP contribution is -2.21. The molecule has 0 bridgehead atoms. The number of nitrogens with zero attached hydrogens (tertiary/aromatic N) is 3. The third-order valence-corrected chi connectivity index (χ3v) is 3.61. The zero-order valence-electron chi connectivity index (χ0n) is 11.6. The molecule has 6 nitrogen and oxygen atoms in total. The van der Waals surface area contributed by atoms with E-state index in [1.54, 1.807) is 4.68 Å². The van der Waals surface area contributed by atoms with Gasteiger partial charge in [-0.3, -0.25) is 0 Å². The number of hydrogen-bond donors (Lipinski definition) is 2. The van der Waals surface area contributed by atoms with Crippen LogP contribution in [0.25, 0.3) is 0 Å². The Hall–Kier alpha value is -1.72. The molecule has 0 aliphatic heterocycles. The highest BCUT2D eigenvalue weighted by Gasteiger charge is 2.22. The maximum atomic E-state index is 8.87. The molecule has 0 saturated heterocycles. The van der Waals surface area contributed by atoms with Crippen LogP contribution in [0.2, 0.25) is 0 Å². The van der Waals surface area contributed by atoms with Gasteiger partial charge in [0.05, 0.1) is 5.69 Å². The maximum Gasteiger partial charge on any atom is 0.223 e. The fraction of sp³-hybridized carbons (Fsp3) is 0.692. The number of aryl methyl sites for hydroxylation is 2. The van der Waals surface area contributed by atoms with Crippen molar-refractivity contribution in [2.24, 2.45) is 17.9 Å². The quantitative estimate of drug-likeness (QED) is 0.288. The number of rotatable bonds is 3. The van der Waals surface area contributed by atoms with Crippen molar-refractivity contribution >= 4 is 5.84 Å². The second-order valence-corrected chi connectivity index (χ2v) is 5.11. The number of nitrogens with two attached hydrogens (primary N) is 1. The van der Waals surface area contributed by atoms with Gasteiger partial charge in [-0.1, -0.05) is 18.0 Å². The molecule has 1 fully saturated rings. The normalized spacial score (nSPS) is 18.3. The van der Waals surface area contributed by atoms with Crippen molar-refractivity contribution in [3.8, 4) is 5.88 Å². The first-order chi connectivity index (χ1) is 9.13. The average Bonchev–Trinajstić information content (AvgIpc) is 2.60. The minimum atomic E-state index is 0.0502. The van der Waals surface area contributed by atoms with E-state index >= 15 is 0 Å². The lowest BCUT2D eigenvalue weighted by Gasteiger charge is -2.17. The van der Waals surface area contributed by atoms with Crippen molar-refractivity contribution in [2.45, 2.75) is 51.6 Å². The van der Waals surface area contributed by atoms with Crippen LogP contribution in [0.5, 0.6) is 5.88 Å². The fourth-order valence-electron chi connectivity index (χ4n) is 2.63. The van der Waals surface area contributed by atoms with Gasteiger partial charge in [-0.25, -0.2) is 4.68 Å². The lowest BCUT2D eigenvalue weighted by atomic mass is 10.1. The van der Waals surface area contributed by atoms with Crippen LogP contribution in [0.1, 0.15) is 49.8 Å². The molecule has 106 valence electrons. The Morgan fingerprint density at radius 3 is 2.58 bits per heavy atom. The van der Waals surface area contributed by atoms with Crippen LogP contribution in [0.4, 0.5) is 0 Å². The average molecular weight is 266 g/mol. The summed E-state index contributed by atoms with van der Waals surface area (Å²) < 4.78 is 7.73. The number of oxime groups is 1. The Kier molecular flexibility index (Phi) is 4.29. The van der Waals surface area contributed by atoms with Gasteiger partial charge in [0.1, 0.15) is 11.7 Å². The van der Waals surface area contributed by atoms with Gasteiger partial charge in [0.25, 0.3) is 0 Å². The van der Waals surface area contributed by atoms with Crippen LogP contribution in [-0.2, 0) is 7.05 Å². The first kappa shape index (κ1) is 13.7. The van der Waals surface area contributed by atoms with Crippen molar-refractivity contribution < 1.29 is 9.94 Å². The van der Waals surface area contributed by atoms with Gasteiger partial charge in [0.2, 0.25) is 5.88 Å². The van der Waals surface area contributed by atoms with Gasteiger partial charge in [-0.15, -0.1) is 0 Å². The molecule has 0 aromatic carbocycles. The van der Waals surface area contributed by atoms with Crippen molar-refractivity contribution in [3.63, 3.8) is 0 Å². The topological polar surface area (TPSA) is 85.7 Å². The Morgan fingerprint density at radius 2 is 2.00 bits per heavy atom. The van der Waals surface area contributed by atoms with Crippen LogP contribution in [0.3, 0.4) is 0 Å². The van der Waals surface area contributed by atoms with E-state index in [0.717, 1.165) is 12.8 Å². The van der Waals surface area contributed by atoms with Crippen LogP contribution < -0.4 is 10.5 Å². The highest BCUT2D eigenvalue weighted by Crippen LogP contribution is 2.26. The molecular formula is C13H22N4O2. The summed E-state index contributed by atoms with van der Waals surface area (Å²) >= 11 is 0. The molecule has 1 aliphatic carbocycles. The van der Waals surface area contributed by atoms with Crippen molar-refractivity contribution in [3.05, 3.63) is 11.3 Å². The second kappa shape index (κ2) is 5.95. The first-order valence-electron chi connectivity index (χ1n) is 6.81. The molecule has 2 rings (SSSR count). The van der Waals surface area contributed by atoms with Gasteiger partial charge in [-0.05, 0) is 32.6 Å². The van der Waals surface area contributed by atoms with E-state index < -0.39 is 0 Å². The predicted molar refractivity (Wildman–Crippen MR) is 72.6 cm³/mol. The van der Waals surface area contributed by atoms with Gasteiger partial charge in [-0.2, -0.15) is 5.10 Å². The van der Waals surface area contributed by atoms with Crippen LogP contribution >= 0.6 is 0 Å². The fourth-order valence-corrected chi connectivity index (χ4v) is 2.63. The van der Waals surface area contributed by atoms with Gasteiger partial charge in [0, 0.05) is 7.05 Å². The molecule has 1 aromatic heterocycles. The molecule has 19 heavy (non-hydrogen) atoms. The van der Waals surface area contributed by atoms with Crippen LogP contribution in [0, 0.1) is 6.92 Å². The third kappa shape index (κ3) is 3.00. The monoisotopic (exact) mass is 266 g/mol. The Balaban J connectivity index is 2.23. The summed E-state index contributed by atoms with van der Waals surface area (Å²) in [5, 5.41) is 16.2. The SMILES string of the molecule is Cc1nn(C)c(OC2CCCCCC2)c1C(N)=NO. The predicted octanol–water partition coefficient (Wildman–Crippen LogP) is 1.92. The molecule has 1 aromatic rings. The molecule has 1 heterocycles. The second-order valence-electron chi connectivity index (χ2n) is 5.11. The Bertz CT molecular complexity index is 459. The van der Waals surface area contributed by atoms with Crippen molar-refractivity contribution in [1.29, 1.82) is 0 Å². The molecule has 3 N–H and O–H groups in total. The molecule has 0 unspecified atom stereocenters. The van der Waals surface area contributed by atoms with Crippen LogP contribution in [-0.4, -0.2) is 26.9 Å². The third-order valence-electron chi connectivity index (χ3n) is 3.61. The molecular weight excluding hydrogens is 244 g/mol. The summed E-state index contributed by atoms with van der Waals surface area (Å²) in [6.07, 6.45) is 7.25. The molecule has 0 spiro atoms. The van der Waals surface area contributed by atoms with E-state index in [2.05, 4.69) is 10.3 Å². The summed E-state index contributed by atoms with van der Waals surface area (Å²) in [7, 11) is 1.81. The van der Waals surface area contributed by atoms with Crippen molar-refractivity contribution in [2.75, 3.05) is 0 Å². The maximum absolute atomic E-state index is 8.87. The van der Waals surface area contributed by atoms with E-state index in [-0.39, 0.29) is 11.9 Å². The smallest absolute Gasteiger partial charge is 0.223 e. The van der Waals surface area contributed by atoms with E-state index in [1.165, 1.54) is 25.7 Å². The Morgan fingerprint density at radius 1 is 1.37 bits per heavy atom. The molecule has 1 aliphatic rings. The van der Waals surface area contributed by atoms with E-state index in [9.17, 15) is 0 Å². The largest absolute Gasteiger partial charge is 0.474 e. The molecule has 0 radical (unpaired) electrons. The first-order valence-corrected chi connectivity index (χ1v) is 6.81. The number of aromatic nitrogens is 2. The van der Waals surface area contributed by atoms with Gasteiger partial charge in [0.15, 0.2) is 5.84 Å².